The zero-order valence-electron chi connectivity index (χ0n) is 16.7. The lowest BCUT2D eigenvalue weighted by molar-refractivity contribution is -0.120. The number of hydrogen-bond donors (Lipinski definition) is 2. The Kier molecular flexibility index (Phi) is 5.11. The normalized spacial score (nSPS) is 19.0. The summed E-state index contributed by atoms with van der Waals surface area (Å²) in [7, 11) is 1.61. The highest BCUT2D eigenvalue weighted by Crippen LogP contribution is 2.36. The smallest absolute Gasteiger partial charge is 0.229 e. The number of thiazole rings is 1. The number of methoxy groups -OCH3 is 1. The highest BCUT2D eigenvalue weighted by molar-refractivity contribution is 7.22. The average Bonchev–Trinajstić information content (AvgIpc) is 3.37. The van der Waals surface area contributed by atoms with Gasteiger partial charge in [0, 0.05) is 12.0 Å². The number of ether oxygens (including phenoxy) is 1. The lowest BCUT2D eigenvalue weighted by Gasteiger charge is -2.28. The minimum absolute atomic E-state index is 0.00146. The van der Waals surface area contributed by atoms with Gasteiger partial charge in [-0.3, -0.25) is 4.79 Å². The van der Waals surface area contributed by atoms with Gasteiger partial charge in [0.1, 0.15) is 16.8 Å². The van der Waals surface area contributed by atoms with Crippen molar-refractivity contribution in [2.45, 2.75) is 31.7 Å². The van der Waals surface area contributed by atoms with Crippen LogP contribution in [0.15, 0.2) is 24.5 Å². The number of anilines is 2. The summed E-state index contributed by atoms with van der Waals surface area (Å²) in [5.41, 5.74) is 7.85. The van der Waals surface area contributed by atoms with E-state index in [1.165, 1.54) is 11.3 Å². The van der Waals surface area contributed by atoms with Crippen LogP contribution in [0.2, 0.25) is 5.28 Å². The van der Waals surface area contributed by atoms with Crippen LogP contribution in [-0.2, 0) is 4.79 Å². The summed E-state index contributed by atoms with van der Waals surface area (Å²) >= 11 is 7.42. The zero-order chi connectivity index (χ0) is 21.5. The van der Waals surface area contributed by atoms with Crippen molar-refractivity contribution < 1.29 is 9.53 Å². The van der Waals surface area contributed by atoms with Gasteiger partial charge in [0.2, 0.25) is 11.2 Å². The molecule has 0 atom stereocenters. The number of aromatic nitrogens is 5. The Morgan fingerprint density at radius 1 is 1.23 bits per heavy atom. The van der Waals surface area contributed by atoms with E-state index in [0.29, 0.717) is 22.0 Å². The SMILES string of the molecule is COc1cccc2sc(NC(=O)C3CCC(n4cnc5c(N)nc(Cl)nc54)CC3)nc12. The number of nitrogen functional groups attached to an aromatic ring is 1. The number of rotatable bonds is 4. The fourth-order valence-corrected chi connectivity index (χ4v) is 5.20. The van der Waals surface area contributed by atoms with Crippen LogP contribution in [0.25, 0.3) is 21.4 Å². The van der Waals surface area contributed by atoms with Gasteiger partial charge in [0.15, 0.2) is 16.6 Å². The second-order valence-electron chi connectivity index (χ2n) is 7.52. The maximum atomic E-state index is 12.8. The number of benzene rings is 1. The van der Waals surface area contributed by atoms with E-state index in [-0.39, 0.29) is 29.0 Å². The molecule has 1 saturated carbocycles. The number of halogens is 1. The molecule has 4 aromatic rings. The van der Waals surface area contributed by atoms with Crippen LogP contribution >= 0.6 is 22.9 Å². The van der Waals surface area contributed by atoms with Crippen molar-refractivity contribution in [1.82, 2.24) is 24.5 Å². The fraction of sp³-hybridized carbons (Fsp3) is 0.350. The molecular weight excluding hydrogens is 438 g/mol. The molecule has 160 valence electrons. The minimum Gasteiger partial charge on any atom is -0.494 e. The fourth-order valence-electron chi connectivity index (χ4n) is 4.14. The van der Waals surface area contributed by atoms with E-state index in [9.17, 15) is 4.79 Å². The first-order chi connectivity index (χ1) is 15.0. The van der Waals surface area contributed by atoms with Crippen LogP contribution in [-0.4, -0.2) is 37.5 Å². The molecule has 31 heavy (non-hydrogen) atoms. The number of imidazole rings is 1. The number of amides is 1. The first-order valence-electron chi connectivity index (χ1n) is 9.93. The van der Waals surface area contributed by atoms with E-state index in [0.717, 1.165) is 35.9 Å². The summed E-state index contributed by atoms with van der Waals surface area (Å²) in [5, 5.41) is 3.68. The number of fused-ring (bicyclic) bond motifs is 2. The van der Waals surface area contributed by atoms with Crippen molar-refractivity contribution in [1.29, 1.82) is 0 Å². The molecule has 11 heteroatoms. The Morgan fingerprint density at radius 3 is 2.81 bits per heavy atom. The number of carbonyl (C=O) groups is 1. The molecule has 1 aliphatic carbocycles. The molecule has 1 fully saturated rings. The highest BCUT2D eigenvalue weighted by Gasteiger charge is 2.29. The van der Waals surface area contributed by atoms with Crippen molar-refractivity contribution in [3.63, 3.8) is 0 Å². The molecule has 0 saturated heterocycles. The Morgan fingerprint density at radius 2 is 2.03 bits per heavy atom. The number of nitrogens with one attached hydrogen (secondary N) is 1. The minimum atomic E-state index is -0.0665. The molecule has 0 bridgehead atoms. The molecule has 0 spiro atoms. The van der Waals surface area contributed by atoms with Gasteiger partial charge in [0.05, 0.1) is 18.1 Å². The van der Waals surface area contributed by atoms with Gasteiger partial charge in [-0.25, -0.2) is 9.97 Å². The molecule has 5 rings (SSSR count). The Bertz CT molecular complexity index is 1280. The molecule has 0 unspecified atom stereocenters. The second kappa shape index (κ2) is 7.93. The molecule has 1 amide bonds. The maximum absolute atomic E-state index is 12.8. The third kappa shape index (κ3) is 3.66. The largest absolute Gasteiger partial charge is 0.494 e. The van der Waals surface area contributed by atoms with E-state index in [1.54, 1.807) is 13.4 Å². The monoisotopic (exact) mass is 457 g/mol. The first kappa shape index (κ1) is 20.0. The summed E-state index contributed by atoms with van der Waals surface area (Å²) in [6, 6.07) is 5.93. The van der Waals surface area contributed by atoms with E-state index in [2.05, 4.69) is 25.3 Å². The molecule has 0 radical (unpaired) electrons. The number of para-hydroxylation sites is 1. The van der Waals surface area contributed by atoms with Crippen molar-refractivity contribution in [3.05, 3.63) is 29.8 Å². The summed E-state index contributed by atoms with van der Waals surface area (Å²) in [4.78, 5) is 30.0. The van der Waals surface area contributed by atoms with Crippen LogP contribution in [0, 0.1) is 5.92 Å². The number of carbonyl (C=O) groups excluding carboxylic acids is 1. The van der Waals surface area contributed by atoms with Crippen LogP contribution in [0.4, 0.5) is 10.9 Å². The summed E-state index contributed by atoms with van der Waals surface area (Å²) in [5.74, 6) is 0.908. The van der Waals surface area contributed by atoms with Crippen molar-refractivity contribution >= 4 is 61.2 Å². The highest BCUT2D eigenvalue weighted by atomic mass is 35.5. The lowest BCUT2D eigenvalue weighted by atomic mass is 9.85. The van der Waals surface area contributed by atoms with E-state index >= 15 is 0 Å². The molecule has 3 heterocycles. The number of nitrogens with two attached hydrogens (primary N) is 1. The molecular formula is C20H20ClN7O2S. The van der Waals surface area contributed by atoms with E-state index in [1.807, 2.05) is 22.8 Å². The summed E-state index contributed by atoms with van der Waals surface area (Å²) < 4.78 is 8.32. The van der Waals surface area contributed by atoms with Crippen LogP contribution in [0.3, 0.4) is 0 Å². The molecule has 3 N–H and O–H groups in total. The van der Waals surface area contributed by atoms with Gasteiger partial charge >= 0.3 is 0 Å². The third-order valence-corrected chi connectivity index (χ3v) is 6.82. The quantitative estimate of drug-likeness (QED) is 0.443. The zero-order valence-corrected chi connectivity index (χ0v) is 18.3. The Balaban J connectivity index is 1.27. The van der Waals surface area contributed by atoms with Crippen LogP contribution < -0.4 is 15.8 Å². The summed E-state index contributed by atoms with van der Waals surface area (Å²) in [6.07, 6.45) is 4.92. The molecule has 3 aromatic heterocycles. The van der Waals surface area contributed by atoms with Gasteiger partial charge in [-0.1, -0.05) is 17.4 Å². The van der Waals surface area contributed by atoms with Gasteiger partial charge < -0.3 is 20.4 Å². The topological polar surface area (TPSA) is 121 Å². The molecule has 0 aliphatic heterocycles. The number of hydrogen-bond acceptors (Lipinski definition) is 8. The molecule has 1 aromatic carbocycles. The number of nitrogens with zero attached hydrogens (tertiary/aromatic N) is 5. The van der Waals surface area contributed by atoms with Gasteiger partial charge in [0.25, 0.3) is 0 Å². The van der Waals surface area contributed by atoms with E-state index < -0.39 is 0 Å². The van der Waals surface area contributed by atoms with Crippen LogP contribution in [0.1, 0.15) is 31.7 Å². The first-order valence-corrected chi connectivity index (χ1v) is 11.1. The average molecular weight is 458 g/mol. The van der Waals surface area contributed by atoms with Crippen LogP contribution in [0.5, 0.6) is 5.75 Å². The maximum Gasteiger partial charge on any atom is 0.229 e. The van der Waals surface area contributed by atoms with Crippen molar-refractivity contribution in [2.24, 2.45) is 5.92 Å². The predicted molar refractivity (Wildman–Crippen MR) is 121 cm³/mol. The van der Waals surface area contributed by atoms with E-state index in [4.69, 9.17) is 22.1 Å². The Labute approximate surface area is 186 Å². The molecule has 1 aliphatic rings. The Hall–Kier alpha value is -2.98. The summed E-state index contributed by atoms with van der Waals surface area (Å²) in [6.45, 7) is 0. The predicted octanol–water partition coefficient (Wildman–Crippen LogP) is 4.05. The van der Waals surface area contributed by atoms with Gasteiger partial charge in [-0.2, -0.15) is 9.97 Å². The lowest BCUT2D eigenvalue weighted by Crippen LogP contribution is -2.28. The van der Waals surface area contributed by atoms with Crippen molar-refractivity contribution in [2.75, 3.05) is 18.2 Å². The standard InChI is InChI=1S/C20H20ClN7O2S/c1-30-12-3-2-4-13-14(12)24-20(31-13)27-18(29)10-5-7-11(8-6-10)28-9-23-15-16(22)25-19(21)26-17(15)28/h2-4,9-11H,5-8H2,1H3,(H2,22,25,26)(H,24,27,29). The van der Waals surface area contributed by atoms with Gasteiger partial charge in [-0.05, 0) is 49.4 Å². The third-order valence-electron chi connectivity index (χ3n) is 5.71. The van der Waals surface area contributed by atoms with Crippen molar-refractivity contribution in [3.8, 4) is 5.75 Å². The van der Waals surface area contributed by atoms with Gasteiger partial charge in [-0.15, -0.1) is 0 Å². The molecule has 9 nitrogen and oxygen atoms in total. The second-order valence-corrected chi connectivity index (χ2v) is 8.89.